The summed E-state index contributed by atoms with van der Waals surface area (Å²) < 4.78 is 66.7. The minimum Gasteiger partial charge on any atom is -0.493 e. The molecule has 0 aliphatic rings. The minimum absolute atomic E-state index is 0.0257. The summed E-state index contributed by atoms with van der Waals surface area (Å²) in [5.74, 6) is 0.0195. The first-order valence-corrected chi connectivity index (χ1v) is 15.8. The Morgan fingerprint density at radius 1 is 0.976 bits per heavy atom. The Bertz CT molecular complexity index is 1520. The predicted octanol–water partition coefficient (Wildman–Crippen LogP) is 2.98. The molecule has 0 bridgehead atoms. The SMILES string of the molecule is CCCN(CCc1ccccn1)S(=O)(=O)c1ccccc1S(=O)(=O)Oc1cc(C)cc(OCCCONC(=N)N)c1. The van der Waals surface area contributed by atoms with Crippen molar-refractivity contribution in [3.63, 3.8) is 0 Å². The molecule has 0 aliphatic carbocycles. The number of aromatic nitrogens is 1. The van der Waals surface area contributed by atoms with Crippen molar-refractivity contribution in [2.75, 3.05) is 26.3 Å². The average molecular weight is 606 g/mol. The zero-order chi connectivity index (χ0) is 29.9. The minimum atomic E-state index is -4.55. The molecule has 0 aliphatic heterocycles. The van der Waals surface area contributed by atoms with Gasteiger partial charge in [-0.15, -0.1) is 0 Å². The monoisotopic (exact) mass is 605 g/mol. The van der Waals surface area contributed by atoms with Crippen LogP contribution in [-0.4, -0.2) is 58.4 Å². The molecule has 12 nitrogen and oxygen atoms in total. The third-order valence-electron chi connectivity index (χ3n) is 5.62. The normalized spacial score (nSPS) is 11.8. The lowest BCUT2D eigenvalue weighted by atomic mass is 10.2. The second-order valence-corrected chi connectivity index (χ2v) is 12.4. The maximum Gasteiger partial charge on any atom is 0.340 e. The van der Waals surface area contributed by atoms with E-state index in [0.717, 1.165) is 5.69 Å². The molecule has 41 heavy (non-hydrogen) atoms. The van der Waals surface area contributed by atoms with E-state index in [4.69, 9.17) is 24.9 Å². The fourth-order valence-corrected chi connectivity index (χ4v) is 7.09. The van der Waals surface area contributed by atoms with Gasteiger partial charge in [-0.3, -0.25) is 15.2 Å². The van der Waals surface area contributed by atoms with Crippen molar-refractivity contribution in [1.82, 2.24) is 14.8 Å². The van der Waals surface area contributed by atoms with Gasteiger partial charge in [-0.05, 0) is 55.3 Å². The van der Waals surface area contributed by atoms with Gasteiger partial charge < -0.3 is 14.7 Å². The number of pyridine rings is 1. The third kappa shape index (κ3) is 9.42. The Morgan fingerprint density at radius 3 is 2.37 bits per heavy atom. The van der Waals surface area contributed by atoms with Gasteiger partial charge in [0.2, 0.25) is 16.0 Å². The highest BCUT2D eigenvalue weighted by molar-refractivity contribution is 7.91. The number of ether oxygens (including phenoxy) is 1. The number of nitrogens with one attached hydrogen (secondary N) is 2. The highest BCUT2D eigenvalue weighted by atomic mass is 32.2. The summed E-state index contributed by atoms with van der Waals surface area (Å²) in [5.41, 5.74) is 8.75. The van der Waals surface area contributed by atoms with Gasteiger partial charge in [0.05, 0.1) is 13.2 Å². The average Bonchev–Trinajstić information content (AvgIpc) is 2.92. The fraction of sp³-hybridized carbons (Fsp3) is 0.333. The van der Waals surface area contributed by atoms with Crippen LogP contribution in [0.2, 0.25) is 0 Å². The van der Waals surface area contributed by atoms with Crippen molar-refractivity contribution in [3.05, 3.63) is 78.1 Å². The molecule has 2 aromatic carbocycles. The fourth-order valence-electron chi connectivity index (χ4n) is 3.86. The first-order valence-electron chi connectivity index (χ1n) is 12.9. The highest BCUT2D eigenvalue weighted by Gasteiger charge is 2.32. The van der Waals surface area contributed by atoms with Crippen molar-refractivity contribution in [2.24, 2.45) is 5.73 Å². The molecule has 3 aromatic rings. The maximum absolute atomic E-state index is 13.7. The van der Waals surface area contributed by atoms with Gasteiger partial charge in [0.15, 0.2) is 0 Å². The van der Waals surface area contributed by atoms with Crippen LogP contribution in [0.15, 0.2) is 76.7 Å². The summed E-state index contributed by atoms with van der Waals surface area (Å²) in [7, 11) is -8.75. The zero-order valence-corrected chi connectivity index (χ0v) is 24.6. The number of guanidine groups is 1. The van der Waals surface area contributed by atoms with Crippen LogP contribution < -0.4 is 20.1 Å². The molecule has 0 unspecified atom stereocenters. The molecule has 0 amide bonds. The Morgan fingerprint density at radius 2 is 1.68 bits per heavy atom. The van der Waals surface area contributed by atoms with Crippen LogP contribution in [0.5, 0.6) is 11.5 Å². The van der Waals surface area contributed by atoms with E-state index in [0.29, 0.717) is 30.6 Å². The molecule has 0 atom stereocenters. The second-order valence-electron chi connectivity index (χ2n) is 9.01. The summed E-state index contributed by atoms with van der Waals surface area (Å²) in [6, 6.07) is 15.4. The molecule has 1 heterocycles. The van der Waals surface area contributed by atoms with E-state index in [1.807, 2.05) is 19.1 Å². The number of aryl methyl sites for hydroxylation is 1. The molecule has 0 radical (unpaired) electrons. The molecule has 1 aromatic heterocycles. The maximum atomic E-state index is 13.7. The quantitative estimate of drug-likeness (QED) is 0.0724. The molecule has 3 rings (SSSR count). The number of hydrogen-bond donors (Lipinski definition) is 3. The second kappa shape index (κ2) is 14.8. The summed E-state index contributed by atoms with van der Waals surface area (Å²) in [4.78, 5) is 8.39. The largest absolute Gasteiger partial charge is 0.493 e. The van der Waals surface area contributed by atoms with Crippen LogP contribution in [0, 0.1) is 12.3 Å². The van der Waals surface area contributed by atoms with Gasteiger partial charge in [0.1, 0.15) is 21.3 Å². The molecule has 0 saturated carbocycles. The van der Waals surface area contributed by atoms with Crippen LogP contribution in [0.1, 0.15) is 31.0 Å². The van der Waals surface area contributed by atoms with Crippen molar-refractivity contribution >= 4 is 26.1 Å². The van der Waals surface area contributed by atoms with Crippen LogP contribution in [0.4, 0.5) is 0 Å². The van der Waals surface area contributed by atoms with Crippen molar-refractivity contribution < 1.29 is 30.6 Å². The van der Waals surface area contributed by atoms with Crippen LogP contribution in [0.3, 0.4) is 0 Å². The van der Waals surface area contributed by atoms with Crippen molar-refractivity contribution in [1.29, 1.82) is 5.41 Å². The summed E-state index contributed by atoms with van der Waals surface area (Å²) in [5, 5.41) is 7.04. The van der Waals surface area contributed by atoms with Crippen LogP contribution in [-0.2, 0) is 31.4 Å². The standard InChI is InChI=1S/C27H35N5O7S2/c1-3-14-32(15-12-22-9-6-7-13-30-22)40(33,34)25-10-4-5-11-26(25)41(35,36)39-24-19-21(2)18-23(20-24)37-16-8-17-38-31-27(28)29/h4-7,9-11,13,18-20H,3,8,12,14-17H2,1-2H3,(H4,28,29,31). The first kappa shape index (κ1) is 31.8. The van der Waals surface area contributed by atoms with Gasteiger partial charge in [-0.2, -0.15) is 12.7 Å². The van der Waals surface area contributed by atoms with Gasteiger partial charge in [0, 0.05) is 43.9 Å². The lowest BCUT2D eigenvalue weighted by Gasteiger charge is -2.23. The van der Waals surface area contributed by atoms with E-state index in [9.17, 15) is 16.8 Å². The number of hydrogen-bond acceptors (Lipinski definition) is 9. The van der Waals surface area contributed by atoms with E-state index in [1.54, 1.807) is 25.3 Å². The molecule has 0 saturated heterocycles. The van der Waals surface area contributed by atoms with E-state index in [1.165, 1.54) is 40.7 Å². The molecule has 14 heteroatoms. The Hall–Kier alpha value is -3.72. The Labute approximate surface area is 241 Å². The van der Waals surface area contributed by atoms with Crippen LogP contribution >= 0.6 is 0 Å². The molecule has 0 fully saturated rings. The molecule has 0 spiro atoms. The topological polar surface area (TPSA) is 174 Å². The molecule has 222 valence electrons. The predicted molar refractivity (Wildman–Crippen MR) is 154 cm³/mol. The molecular weight excluding hydrogens is 570 g/mol. The number of hydroxylamine groups is 1. The van der Waals surface area contributed by atoms with Gasteiger partial charge in [0.25, 0.3) is 0 Å². The van der Waals surface area contributed by atoms with Gasteiger partial charge in [-0.25, -0.2) is 13.9 Å². The van der Waals surface area contributed by atoms with E-state index in [2.05, 4.69) is 10.5 Å². The lowest BCUT2D eigenvalue weighted by molar-refractivity contribution is 0.0733. The number of nitrogens with zero attached hydrogens (tertiary/aromatic N) is 2. The molecular formula is C27H35N5O7S2. The van der Waals surface area contributed by atoms with Crippen molar-refractivity contribution in [3.8, 4) is 11.5 Å². The van der Waals surface area contributed by atoms with E-state index in [-0.39, 0.29) is 42.9 Å². The number of benzene rings is 2. The summed E-state index contributed by atoms with van der Waals surface area (Å²) in [6.07, 6.45) is 3.01. The van der Waals surface area contributed by atoms with E-state index >= 15 is 0 Å². The van der Waals surface area contributed by atoms with Gasteiger partial charge >= 0.3 is 10.1 Å². The zero-order valence-electron chi connectivity index (χ0n) is 22.9. The Kier molecular flexibility index (Phi) is 11.5. The highest BCUT2D eigenvalue weighted by Crippen LogP contribution is 2.30. The number of nitrogens with two attached hydrogens (primary N) is 1. The van der Waals surface area contributed by atoms with Crippen molar-refractivity contribution in [2.45, 2.75) is 42.9 Å². The summed E-state index contributed by atoms with van der Waals surface area (Å²) in [6.45, 7) is 4.40. The third-order valence-corrected chi connectivity index (χ3v) is 9.02. The smallest absolute Gasteiger partial charge is 0.340 e. The number of sulfonamides is 1. The Balaban J connectivity index is 1.79. The summed E-state index contributed by atoms with van der Waals surface area (Å²) >= 11 is 0. The van der Waals surface area contributed by atoms with Gasteiger partial charge in [-0.1, -0.05) is 25.1 Å². The lowest BCUT2D eigenvalue weighted by Crippen LogP contribution is -2.34. The number of rotatable bonds is 16. The van der Waals surface area contributed by atoms with Crippen LogP contribution in [0.25, 0.3) is 0 Å². The first-order chi connectivity index (χ1) is 19.5. The van der Waals surface area contributed by atoms with E-state index < -0.39 is 25.0 Å². The molecule has 4 N–H and O–H groups in total.